The molecule has 0 bridgehead atoms. The number of ether oxygens (including phenoxy) is 4. The molecule has 0 radical (unpaired) electrons. The Labute approximate surface area is 245 Å². The van der Waals surface area contributed by atoms with Gasteiger partial charge in [0.1, 0.15) is 28.9 Å². The molecular weight excluding hydrogens is 520 g/mol. The minimum atomic E-state index is -0.575. The van der Waals surface area contributed by atoms with E-state index < -0.39 is 11.6 Å². The highest BCUT2D eigenvalue weighted by Crippen LogP contribution is 2.47. The predicted octanol–water partition coefficient (Wildman–Crippen LogP) is 6.19. The molecule has 2 aromatic carbocycles. The fourth-order valence-electron chi connectivity index (χ4n) is 5.29. The summed E-state index contributed by atoms with van der Waals surface area (Å²) in [7, 11) is 4.72. The van der Waals surface area contributed by atoms with Crippen LogP contribution in [0.15, 0.2) is 29.8 Å². The number of hydrogen-bond donors (Lipinski definition) is 3. The van der Waals surface area contributed by atoms with Gasteiger partial charge in [-0.25, -0.2) is 0 Å². The Morgan fingerprint density at radius 3 is 2.27 bits per heavy atom. The van der Waals surface area contributed by atoms with E-state index in [1.165, 1.54) is 18.7 Å². The lowest BCUT2D eigenvalue weighted by atomic mass is 9.88. The summed E-state index contributed by atoms with van der Waals surface area (Å²) in [5.41, 5.74) is 15.6. The van der Waals surface area contributed by atoms with Gasteiger partial charge in [0.25, 0.3) is 0 Å². The highest BCUT2D eigenvalue weighted by molar-refractivity contribution is 6.03. The van der Waals surface area contributed by atoms with Crippen molar-refractivity contribution < 1.29 is 28.8 Å². The van der Waals surface area contributed by atoms with Crippen LogP contribution in [0.3, 0.4) is 0 Å². The van der Waals surface area contributed by atoms with Crippen molar-refractivity contribution in [3.05, 3.63) is 52.1 Å². The fraction of sp³-hybridized carbons (Fsp3) is 0.545. The standard InChI is InChI=1S/C33H48N2O6/c1-20(10-9-16-32(2,3)34)11-12-22-21(13-14-26(38-6)30(22)39-7)27-19-25(37)29-28(41-27)18-24(36)23(31(29)40-8)15-17-33(4,5)35/h11,13-14,18,27,36H,9-10,12,15-17,19,34-35H2,1-8H3/b20-11+/t27-/m0/s1. The summed E-state index contributed by atoms with van der Waals surface area (Å²) < 4.78 is 23.5. The molecule has 2 aromatic rings. The summed E-state index contributed by atoms with van der Waals surface area (Å²) in [6.07, 6.45) is 6.26. The summed E-state index contributed by atoms with van der Waals surface area (Å²) in [4.78, 5) is 13.6. The van der Waals surface area contributed by atoms with Gasteiger partial charge in [-0.1, -0.05) is 17.7 Å². The van der Waals surface area contributed by atoms with Crippen molar-refractivity contribution in [2.75, 3.05) is 21.3 Å². The van der Waals surface area contributed by atoms with Gasteiger partial charge in [0.05, 0.1) is 27.8 Å². The van der Waals surface area contributed by atoms with E-state index in [9.17, 15) is 9.90 Å². The van der Waals surface area contributed by atoms with Crippen molar-refractivity contribution in [2.45, 2.75) is 96.7 Å². The number of phenols is 1. The third-order valence-corrected chi connectivity index (χ3v) is 7.55. The molecule has 41 heavy (non-hydrogen) atoms. The number of allylic oxidation sites excluding steroid dienone is 2. The quantitative estimate of drug-likeness (QED) is 0.244. The maximum absolute atomic E-state index is 13.6. The minimum Gasteiger partial charge on any atom is -0.507 e. The minimum absolute atomic E-state index is 0.0186. The number of methoxy groups -OCH3 is 3. The first-order chi connectivity index (χ1) is 19.2. The van der Waals surface area contributed by atoms with Gasteiger partial charge in [-0.05, 0) is 79.2 Å². The molecule has 8 heteroatoms. The van der Waals surface area contributed by atoms with Crippen LogP contribution in [0.5, 0.6) is 28.7 Å². The van der Waals surface area contributed by atoms with E-state index >= 15 is 0 Å². The van der Waals surface area contributed by atoms with Crippen molar-refractivity contribution in [1.29, 1.82) is 0 Å². The lowest BCUT2D eigenvalue weighted by Crippen LogP contribution is -2.32. The lowest BCUT2D eigenvalue weighted by molar-refractivity contribution is 0.0842. The number of hydrogen-bond acceptors (Lipinski definition) is 8. The Kier molecular flexibility index (Phi) is 10.4. The molecule has 226 valence electrons. The second-order valence-corrected chi connectivity index (χ2v) is 12.5. The van der Waals surface area contributed by atoms with Crippen LogP contribution in [-0.2, 0) is 12.8 Å². The van der Waals surface area contributed by atoms with Gasteiger partial charge in [-0.2, -0.15) is 0 Å². The second-order valence-electron chi connectivity index (χ2n) is 12.5. The molecule has 0 saturated heterocycles. The van der Waals surface area contributed by atoms with E-state index in [4.69, 9.17) is 30.4 Å². The zero-order valence-corrected chi connectivity index (χ0v) is 26.0. The van der Waals surface area contributed by atoms with Crippen LogP contribution in [0.4, 0.5) is 0 Å². The molecule has 0 saturated carbocycles. The fourth-order valence-corrected chi connectivity index (χ4v) is 5.29. The van der Waals surface area contributed by atoms with Crippen LogP contribution < -0.4 is 30.4 Å². The number of carbonyl (C=O) groups is 1. The lowest BCUT2D eigenvalue weighted by Gasteiger charge is -2.30. The zero-order chi connectivity index (χ0) is 30.5. The van der Waals surface area contributed by atoms with Crippen LogP contribution in [-0.4, -0.2) is 43.3 Å². The molecule has 8 nitrogen and oxygen atoms in total. The van der Waals surface area contributed by atoms with Gasteiger partial charge < -0.3 is 35.5 Å². The van der Waals surface area contributed by atoms with Crippen molar-refractivity contribution in [1.82, 2.24) is 0 Å². The predicted molar refractivity (Wildman–Crippen MR) is 163 cm³/mol. The monoisotopic (exact) mass is 568 g/mol. The zero-order valence-electron chi connectivity index (χ0n) is 26.0. The number of nitrogens with two attached hydrogens (primary N) is 2. The summed E-state index contributed by atoms with van der Waals surface area (Å²) >= 11 is 0. The van der Waals surface area contributed by atoms with Crippen LogP contribution in [0, 0.1) is 0 Å². The Bertz CT molecular complexity index is 1270. The molecular formula is C33H48N2O6. The van der Waals surface area contributed by atoms with Crippen LogP contribution in [0.2, 0.25) is 0 Å². The van der Waals surface area contributed by atoms with Crippen LogP contribution in [0.1, 0.15) is 99.9 Å². The number of ketones is 1. The van der Waals surface area contributed by atoms with E-state index in [2.05, 4.69) is 13.0 Å². The average molecular weight is 569 g/mol. The molecule has 0 aliphatic carbocycles. The van der Waals surface area contributed by atoms with E-state index in [0.29, 0.717) is 53.4 Å². The first-order valence-electron chi connectivity index (χ1n) is 14.3. The summed E-state index contributed by atoms with van der Waals surface area (Å²) in [5, 5.41) is 10.9. The number of aromatic hydroxyl groups is 1. The summed E-state index contributed by atoms with van der Waals surface area (Å²) in [6.45, 7) is 10.0. The molecule has 0 unspecified atom stereocenters. The SMILES string of the molecule is COc1ccc([C@@H]2CC(=O)c3c(cc(O)c(CCC(C)(C)N)c3OC)O2)c(C/C=C(\C)CCCC(C)(C)N)c1OC. The van der Waals surface area contributed by atoms with Gasteiger partial charge in [-0.15, -0.1) is 0 Å². The largest absolute Gasteiger partial charge is 0.507 e. The van der Waals surface area contributed by atoms with Crippen LogP contribution in [0.25, 0.3) is 0 Å². The normalized spacial score (nSPS) is 15.8. The van der Waals surface area contributed by atoms with Crippen molar-refractivity contribution in [3.8, 4) is 28.7 Å². The number of carbonyl (C=O) groups excluding carboxylic acids is 1. The van der Waals surface area contributed by atoms with E-state index in [-0.39, 0.29) is 23.5 Å². The molecule has 1 aliphatic rings. The highest BCUT2D eigenvalue weighted by Gasteiger charge is 2.35. The third kappa shape index (κ3) is 8.17. The summed E-state index contributed by atoms with van der Waals surface area (Å²) in [6, 6.07) is 5.27. The van der Waals surface area contributed by atoms with Gasteiger partial charge in [0.2, 0.25) is 0 Å². The van der Waals surface area contributed by atoms with Gasteiger partial charge in [0.15, 0.2) is 17.3 Å². The maximum atomic E-state index is 13.6. The Morgan fingerprint density at radius 2 is 1.68 bits per heavy atom. The third-order valence-electron chi connectivity index (χ3n) is 7.55. The maximum Gasteiger partial charge on any atom is 0.174 e. The van der Waals surface area contributed by atoms with Crippen LogP contribution >= 0.6 is 0 Å². The molecule has 0 amide bonds. The van der Waals surface area contributed by atoms with Crippen molar-refractivity contribution in [3.63, 3.8) is 0 Å². The number of fused-ring (bicyclic) bond motifs is 1. The molecule has 1 atom stereocenters. The average Bonchev–Trinajstić information content (AvgIpc) is 2.88. The Balaban J connectivity index is 1.98. The van der Waals surface area contributed by atoms with E-state index in [1.54, 1.807) is 14.2 Å². The van der Waals surface area contributed by atoms with E-state index in [0.717, 1.165) is 30.4 Å². The molecule has 0 fully saturated rings. The Hall–Kier alpha value is -3.23. The molecule has 1 aliphatic heterocycles. The first kappa shape index (κ1) is 32.3. The van der Waals surface area contributed by atoms with Gasteiger partial charge >= 0.3 is 0 Å². The van der Waals surface area contributed by atoms with Crippen molar-refractivity contribution in [2.24, 2.45) is 11.5 Å². The Morgan fingerprint density at radius 1 is 1.02 bits per heavy atom. The molecule has 1 heterocycles. The smallest absolute Gasteiger partial charge is 0.174 e. The topological polar surface area (TPSA) is 126 Å². The van der Waals surface area contributed by atoms with Gasteiger partial charge in [-0.3, -0.25) is 4.79 Å². The summed E-state index contributed by atoms with van der Waals surface area (Å²) in [5.74, 6) is 1.77. The second kappa shape index (κ2) is 13.2. The number of benzene rings is 2. The molecule has 3 rings (SSSR count). The van der Waals surface area contributed by atoms with Gasteiger partial charge in [0, 0.05) is 33.8 Å². The molecule has 0 spiro atoms. The number of phenolic OH excluding ortho intramolecular Hbond substituents is 1. The highest BCUT2D eigenvalue weighted by atomic mass is 16.5. The number of rotatable bonds is 13. The van der Waals surface area contributed by atoms with E-state index in [1.807, 2.05) is 39.8 Å². The molecule has 5 N–H and O–H groups in total. The molecule has 0 aromatic heterocycles. The van der Waals surface area contributed by atoms with Crippen molar-refractivity contribution >= 4 is 5.78 Å². The first-order valence-corrected chi connectivity index (χ1v) is 14.3. The number of Topliss-reactive ketones (excluding diaryl/α,β-unsaturated/α-hetero) is 1.